The highest BCUT2D eigenvalue weighted by Gasteiger charge is 2.35. The van der Waals surface area contributed by atoms with Gasteiger partial charge in [0.25, 0.3) is 5.56 Å². The number of ether oxygens (including phenoxy) is 1. The Morgan fingerprint density at radius 2 is 1.95 bits per heavy atom. The summed E-state index contributed by atoms with van der Waals surface area (Å²) in [5.41, 5.74) is -3.44. The fraction of sp³-hybridized carbons (Fsp3) is 0.308. The van der Waals surface area contributed by atoms with Crippen LogP contribution in [0.3, 0.4) is 0 Å². The Kier molecular flexibility index (Phi) is 4.07. The molecule has 2 heterocycles. The highest BCUT2D eigenvalue weighted by molar-refractivity contribution is 5.31. The van der Waals surface area contributed by atoms with Crippen LogP contribution in [0.25, 0.3) is 5.69 Å². The Morgan fingerprint density at radius 1 is 1.27 bits per heavy atom. The molecule has 2 rings (SSSR count). The molecule has 0 aliphatic heterocycles. The van der Waals surface area contributed by atoms with Gasteiger partial charge in [0.2, 0.25) is 5.88 Å². The predicted molar refractivity (Wildman–Crippen MR) is 71.2 cm³/mol. The standard InChI is InChI=1S/C13H12F3N3O3/c1-3-22-10-5-4-8(7-17-10)19-11(20)6-9(13(14,15)16)18(2)12(19)21/h4-7H,3H2,1-2H3. The summed E-state index contributed by atoms with van der Waals surface area (Å²) < 4.78 is 44.3. The lowest BCUT2D eigenvalue weighted by molar-refractivity contribution is -0.144. The first-order chi connectivity index (χ1) is 10.3. The van der Waals surface area contributed by atoms with Gasteiger partial charge in [0, 0.05) is 19.2 Å². The van der Waals surface area contributed by atoms with Crippen molar-refractivity contribution in [1.82, 2.24) is 14.1 Å². The Labute approximate surface area is 122 Å². The highest BCUT2D eigenvalue weighted by atomic mass is 19.4. The number of nitrogens with zero attached hydrogens (tertiary/aromatic N) is 3. The molecule has 2 aromatic heterocycles. The SMILES string of the molecule is CCOc1ccc(-n2c(=O)cc(C(F)(F)F)n(C)c2=O)cn1. The Hall–Kier alpha value is -2.58. The van der Waals surface area contributed by atoms with Crippen molar-refractivity contribution in [2.75, 3.05) is 6.61 Å². The van der Waals surface area contributed by atoms with E-state index in [0.29, 0.717) is 21.8 Å². The van der Waals surface area contributed by atoms with Gasteiger partial charge in [0.05, 0.1) is 18.5 Å². The van der Waals surface area contributed by atoms with Crippen LogP contribution in [-0.2, 0) is 13.2 Å². The minimum atomic E-state index is -4.79. The van der Waals surface area contributed by atoms with Crippen LogP contribution in [0, 0.1) is 0 Å². The van der Waals surface area contributed by atoms with E-state index >= 15 is 0 Å². The van der Waals surface area contributed by atoms with Crippen molar-refractivity contribution in [2.24, 2.45) is 7.05 Å². The zero-order valence-electron chi connectivity index (χ0n) is 11.7. The summed E-state index contributed by atoms with van der Waals surface area (Å²) in [6.45, 7) is 2.14. The second kappa shape index (κ2) is 5.66. The number of pyridine rings is 1. The summed E-state index contributed by atoms with van der Waals surface area (Å²) in [5, 5.41) is 0. The van der Waals surface area contributed by atoms with E-state index in [1.165, 1.54) is 18.3 Å². The lowest BCUT2D eigenvalue weighted by Crippen LogP contribution is -2.40. The molecular weight excluding hydrogens is 303 g/mol. The summed E-state index contributed by atoms with van der Waals surface area (Å²) in [5.74, 6) is 0.281. The van der Waals surface area contributed by atoms with Crippen molar-refractivity contribution < 1.29 is 17.9 Å². The number of halogens is 3. The lowest BCUT2D eigenvalue weighted by atomic mass is 10.3. The van der Waals surface area contributed by atoms with Crippen molar-refractivity contribution in [1.29, 1.82) is 0 Å². The maximum atomic E-state index is 12.7. The molecule has 0 aromatic carbocycles. The van der Waals surface area contributed by atoms with Gasteiger partial charge >= 0.3 is 11.9 Å². The third kappa shape index (κ3) is 2.87. The molecule has 0 saturated carbocycles. The first-order valence-corrected chi connectivity index (χ1v) is 6.25. The summed E-state index contributed by atoms with van der Waals surface area (Å²) in [7, 11) is 0.948. The molecule has 6 nitrogen and oxygen atoms in total. The molecule has 0 bridgehead atoms. The molecule has 0 atom stereocenters. The van der Waals surface area contributed by atoms with E-state index in [2.05, 4.69) is 4.98 Å². The molecule has 2 aromatic rings. The monoisotopic (exact) mass is 315 g/mol. The van der Waals surface area contributed by atoms with E-state index in [4.69, 9.17) is 4.74 Å². The predicted octanol–water partition coefficient (Wildman–Crippen LogP) is 1.35. The molecular formula is C13H12F3N3O3. The largest absolute Gasteiger partial charge is 0.478 e. The summed E-state index contributed by atoms with van der Waals surface area (Å²) >= 11 is 0. The van der Waals surface area contributed by atoms with Crippen molar-refractivity contribution >= 4 is 0 Å². The van der Waals surface area contributed by atoms with Gasteiger partial charge in [0.1, 0.15) is 5.69 Å². The van der Waals surface area contributed by atoms with Gasteiger partial charge in [0.15, 0.2) is 0 Å². The molecule has 9 heteroatoms. The Morgan fingerprint density at radius 3 is 2.45 bits per heavy atom. The molecule has 0 spiro atoms. The zero-order chi connectivity index (χ0) is 16.5. The van der Waals surface area contributed by atoms with Gasteiger partial charge < -0.3 is 4.74 Å². The molecule has 0 saturated heterocycles. The van der Waals surface area contributed by atoms with Gasteiger partial charge in [-0.2, -0.15) is 13.2 Å². The number of rotatable bonds is 3. The molecule has 118 valence electrons. The van der Waals surface area contributed by atoms with Crippen LogP contribution in [-0.4, -0.2) is 20.7 Å². The first-order valence-electron chi connectivity index (χ1n) is 6.25. The van der Waals surface area contributed by atoms with E-state index in [0.717, 1.165) is 7.05 Å². The Balaban J connectivity index is 2.60. The minimum absolute atomic E-state index is 0.0581. The van der Waals surface area contributed by atoms with E-state index in [1.807, 2.05) is 0 Å². The average molecular weight is 315 g/mol. The molecule has 0 aliphatic carbocycles. The lowest BCUT2D eigenvalue weighted by Gasteiger charge is -2.13. The maximum Gasteiger partial charge on any atom is 0.431 e. The van der Waals surface area contributed by atoms with Crippen molar-refractivity contribution in [3.63, 3.8) is 0 Å². The van der Waals surface area contributed by atoms with E-state index in [-0.39, 0.29) is 11.6 Å². The average Bonchev–Trinajstić information content (AvgIpc) is 2.44. The number of aromatic nitrogens is 3. The molecule has 0 radical (unpaired) electrons. The fourth-order valence-corrected chi connectivity index (χ4v) is 1.87. The van der Waals surface area contributed by atoms with Gasteiger partial charge in [-0.15, -0.1) is 0 Å². The van der Waals surface area contributed by atoms with Gasteiger partial charge in [-0.05, 0) is 13.0 Å². The zero-order valence-corrected chi connectivity index (χ0v) is 11.7. The Bertz CT molecular complexity index is 791. The van der Waals surface area contributed by atoms with Crippen LogP contribution in [0.1, 0.15) is 12.6 Å². The number of hydrogen-bond donors (Lipinski definition) is 0. The summed E-state index contributed by atoms with van der Waals surface area (Å²) in [4.78, 5) is 27.8. The van der Waals surface area contributed by atoms with Crippen LogP contribution >= 0.6 is 0 Å². The quantitative estimate of drug-likeness (QED) is 0.857. The van der Waals surface area contributed by atoms with Crippen molar-refractivity contribution in [3.8, 4) is 11.6 Å². The fourth-order valence-electron chi connectivity index (χ4n) is 1.87. The minimum Gasteiger partial charge on any atom is -0.478 e. The molecule has 0 N–H and O–H groups in total. The molecule has 0 unspecified atom stereocenters. The number of hydrogen-bond acceptors (Lipinski definition) is 4. The van der Waals surface area contributed by atoms with Crippen LogP contribution < -0.4 is 16.0 Å². The van der Waals surface area contributed by atoms with Crippen LogP contribution in [0.4, 0.5) is 13.2 Å². The topological polar surface area (TPSA) is 66.1 Å². The summed E-state index contributed by atoms with van der Waals surface area (Å²) in [6.07, 6.45) is -3.61. The highest BCUT2D eigenvalue weighted by Crippen LogP contribution is 2.26. The van der Waals surface area contributed by atoms with Gasteiger partial charge in [-0.1, -0.05) is 0 Å². The molecule has 0 aliphatic rings. The molecule has 0 fully saturated rings. The van der Waals surface area contributed by atoms with E-state index in [1.54, 1.807) is 6.92 Å². The second-order valence-corrected chi connectivity index (χ2v) is 4.33. The first kappa shape index (κ1) is 15.8. The van der Waals surface area contributed by atoms with Crippen LogP contribution in [0.2, 0.25) is 0 Å². The van der Waals surface area contributed by atoms with E-state index < -0.39 is 23.1 Å². The van der Waals surface area contributed by atoms with Crippen molar-refractivity contribution in [3.05, 3.63) is 50.9 Å². The number of alkyl halides is 3. The van der Waals surface area contributed by atoms with Gasteiger partial charge in [-0.3, -0.25) is 9.36 Å². The second-order valence-electron chi connectivity index (χ2n) is 4.33. The molecule has 0 amide bonds. The van der Waals surface area contributed by atoms with Gasteiger partial charge in [-0.25, -0.2) is 14.3 Å². The third-order valence-corrected chi connectivity index (χ3v) is 2.88. The third-order valence-electron chi connectivity index (χ3n) is 2.88. The van der Waals surface area contributed by atoms with Crippen LogP contribution in [0.15, 0.2) is 34.0 Å². The maximum absolute atomic E-state index is 12.7. The summed E-state index contributed by atoms with van der Waals surface area (Å²) in [6, 6.07) is 3.16. The van der Waals surface area contributed by atoms with E-state index in [9.17, 15) is 22.8 Å². The van der Waals surface area contributed by atoms with Crippen LogP contribution in [0.5, 0.6) is 5.88 Å². The molecule has 22 heavy (non-hydrogen) atoms. The normalized spacial score (nSPS) is 11.5. The smallest absolute Gasteiger partial charge is 0.431 e. The van der Waals surface area contributed by atoms with Crippen molar-refractivity contribution in [2.45, 2.75) is 13.1 Å².